The van der Waals surface area contributed by atoms with E-state index in [-0.39, 0.29) is 11.1 Å². The van der Waals surface area contributed by atoms with Crippen molar-refractivity contribution < 1.29 is 0 Å². The molecular weight excluding hydrogens is 402 g/mol. The highest BCUT2D eigenvalue weighted by Gasteiger charge is 2.35. The van der Waals surface area contributed by atoms with Crippen LogP contribution >= 0.6 is 0 Å². The lowest BCUT2D eigenvalue weighted by Gasteiger charge is -2.42. The molecule has 33 heavy (non-hydrogen) atoms. The van der Waals surface area contributed by atoms with Crippen molar-refractivity contribution in [2.75, 3.05) is 16.0 Å². The molecule has 0 aromatic heterocycles. The molecule has 4 unspecified atom stereocenters. The molecule has 0 saturated heterocycles. The standard InChI is InChI=1S/C30H45N3/c1-9-21-17-29(7,11-3)32-27-19(5)13-23(15-25(21)27)31-24-14-20(6)28-26(16-24)22(10-2)18-30(8,12-4)33-28/h13-16,21-22,31-33H,9-12,17-18H2,1-8H3. The van der Waals surface area contributed by atoms with Crippen molar-refractivity contribution >= 4 is 22.7 Å². The Hall–Kier alpha value is -2.16. The number of benzene rings is 2. The second kappa shape index (κ2) is 8.89. The van der Waals surface area contributed by atoms with Crippen LogP contribution in [0.3, 0.4) is 0 Å². The average molecular weight is 448 g/mol. The van der Waals surface area contributed by atoms with Crippen molar-refractivity contribution in [2.45, 2.75) is 117 Å². The number of hydrogen-bond acceptors (Lipinski definition) is 3. The van der Waals surface area contributed by atoms with Crippen LogP contribution in [-0.4, -0.2) is 11.1 Å². The number of fused-ring (bicyclic) bond motifs is 2. The van der Waals surface area contributed by atoms with Crippen LogP contribution < -0.4 is 16.0 Å². The van der Waals surface area contributed by atoms with Gasteiger partial charge in [-0.1, -0.05) is 27.7 Å². The van der Waals surface area contributed by atoms with E-state index in [9.17, 15) is 0 Å². The average Bonchev–Trinajstić information content (AvgIpc) is 2.79. The maximum atomic E-state index is 3.89. The lowest BCUT2D eigenvalue weighted by molar-refractivity contribution is 0.388. The van der Waals surface area contributed by atoms with Gasteiger partial charge in [0.05, 0.1) is 0 Å². The smallest absolute Gasteiger partial charge is 0.0411 e. The molecule has 3 heteroatoms. The fourth-order valence-corrected chi connectivity index (χ4v) is 6.13. The van der Waals surface area contributed by atoms with E-state index in [4.69, 9.17) is 0 Å². The van der Waals surface area contributed by atoms with Crippen molar-refractivity contribution in [1.82, 2.24) is 0 Å². The summed E-state index contributed by atoms with van der Waals surface area (Å²) in [4.78, 5) is 0. The number of nitrogens with one attached hydrogen (secondary N) is 3. The summed E-state index contributed by atoms with van der Waals surface area (Å²) in [6, 6.07) is 9.44. The third kappa shape index (κ3) is 4.48. The Morgan fingerprint density at radius 1 is 0.727 bits per heavy atom. The minimum Gasteiger partial charge on any atom is -0.379 e. The molecule has 0 spiro atoms. The zero-order chi connectivity index (χ0) is 24.0. The number of hydrogen-bond donors (Lipinski definition) is 3. The summed E-state index contributed by atoms with van der Waals surface area (Å²) in [5.41, 5.74) is 11.2. The molecule has 0 saturated carbocycles. The molecule has 0 bridgehead atoms. The molecule has 2 heterocycles. The van der Waals surface area contributed by atoms with E-state index in [0.717, 1.165) is 12.8 Å². The van der Waals surface area contributed by atoms with Gasteiger partial charge in [-0.25, -0.2) is 0 Å². The van der Waals surface area contributed by atoms with E-state index in [2.05, 4.69) is 95.6 Å². The van der Waals surface area contributed by atoms with Crippen molar-refractivity contribution in [3.8, 4) is 0 Å². The van der Waals surface area contributed by atoms with Crippen LogP contribution in [-0.2, 0) is 0 Å². The zero-order valence-electron chi connectivity index (χ0n) is 22.2. The maximum Gasteiger partial charge on any atom is 0.0411 e. The number of rotatable bonds is 6. The lowest BCUT2D eigenvalue weighted by Crippen LogP contribution is -2.40. The predicted octanol–water partition coefficient (Wildman–Crippen LogP) is 9.00. The van der Waals surface area contributed by atoms with E-state index in [1.807, 2.05) is 0 Å². The Kier molecular flexibility index (Phi) is 6.46. The quantitative estimate of drug-likeness (QED) is 0.413. The van der Waals surface area contributed by atoms with E-state index in [1.165, 1.54) is 70.7 Å². The minimum atomic E-state index is 0.193. The second-order valence-electron chi connectivity index (χ2n) is 11.3. The number of anilines is 4. The first-order chi connectivity index (χ1) is 15.6. The SMILES string of the molecule is CCC1CC(C)(CC)Nc2c(C)cc(Nc3cc(C)c4c(c3)C(CC)CC(C)(CC)N4)cc21. The highest BCUT2D eigenvalue weighted by Crippen LogP contribution is 2.47. The molecule has 0 amide bonds. The monoisotopic (exact) mass is 447 g/mol. The molecule has 2 aliphatic rings. The Bertz CT molecular complexity index is 944. The van der Waals surface area contributed by atoms with Gasteiger partial charge >= 0.3 is 0 Å². The first-order valence-corrected chi connectivity index (χ1v) is 13.3. The number of aryl methyl sites for hydroxylation is 2. The molecule has 0 aliphatic carbocycles. The molecule has 2 aromatic carbocycles. The molecular formula is C30H45N3. The van der Waals surface area contributed by atoms with Gasteiger partial charge in [-0.2, -0.15) is 0 Å². The van der Waals surface area contributed by atoms with Gasteiger partial charge in [0.15, 0.2) is 0 Å². The second-order valence-corrected chi connectivity index (χ2v) is 11.3. The zero-order valence-corrected chi connectivity index (χ0v) is 22.2. The van der Waals surface area contributed by atoms with Crippen molar-refractivity contribution in [2.24, 2.45) is 0 Å². The fraction of sp³-hybridized carbons (Fsp3) is 0.600. The van der Waals surface area contributed by atoms with Gasteiger partial charge in [-0.3, -0.25) is 0 Å². The molecule has 3 N–H and O–H groups in total. The Labute approximate surface area is 202 Å². The predicted molar refractivity (Wildman–Crippen MR) is 146 cm³/mol. The summed E-state index contributed by atoms with van der Waals surface area (Å²) in [6.45, 7) is 18.5. The Balaban J connectivity index is 1.69. The van der Waals surface area contributed by atoms with Crippen LogP contribution in [0.15, 0.2) is 24.3 Å². The van der Waals surface area contributed by atoms with E-state index < -0.39 is 0 Å². The van der Waals surface area contributed by atoms with Gasteiger partial charge in [0.1, 0.15) is 0 Å². The minimum absolute atomic E-state index is 0.193. The third-order valence-electron chi connectivity index (χ3n) is 8.69. The van der Waals surface area contributed by atoms with Gasteiger partial charge in [0, 0.05) is 33.8 Å². The molecule has 4 rings (SSSR count). The van der Waals surface area contributed by atoms with Crippen molar-refractivity contribution in [1.29, 1.82) is 0 Å². The van der Waals surface area contributed by atoms with E-state index >= 15 is 0 Å². The highest BCUT2D eigenvalue weighted by molar-refractivity contribution is 5.74. The molecule has 2 aliphatic heterocycles. The van der Waals surface area contributed by atoms with Gasteiger partial charge < -0.3 is 16.0 Å². The van der Waals surface area contributed by atoms with Crippen LogP contribution in [0.5, 0.6) is 0 Å². The van der Waals surface area contributed by atoms with Crippen LogP contribution in [0, 0.1) is 13.8 Å². The van der Waals surface area contributed by atoms with Gasteiger partial charge in [-0.15, -0.1) is 0 Å². The van der Waals surface area contributed by atoms with E-state index in [0.29, 0.717) is 11.8 Å². The normalized spacial score (nSPS) is 28.4. The Morgan fingerprint density at radius 2 is 1.12 bits per heavy atom. The maximum absolute atomic E-state index is 3.89. The molecule has 3 nitrogen and oxygen atoms in total. The topological polar surface area (TPSA) is 36.1 Å². The fourth-order valence-electron chi connectivity index (χ4n) is 6.13. The Morgan fingerprint density at radius 3 is 1.45 bits per heavy atom. The highest BCUT2D eigenvalue weighted by atomic mass is 15.0. The summed E-state index contributed by atoms with van der Waals surface area (Å²) in [7, 11) is 0. The third-order valence-corrected chi connectivity index (χ3v) is 8.69. The van der Waals surface area contributed by atoms with Crippen LogP contribution in [0.1, 0.15) is 114 Å². The summed E-state index contributed by atoms with van der Waals surface area (Å²) < 4.78 is 0. The van der Waals surface area contributed by atoms with Crippen LogP contribution in [0.4, 0.5) is 22.7 Å². The first-order valence-electron chi connectivity index (χ1n) is 13.3. The molecule has 2 aromatic rings. The molecule has 0 radical (unpaired) electrons. The molecule has 4 atom stereocenters. The van der Waals surface area contributed by atoms with Gasteiger partial charge in [-0.05, 0) is 125 Å². The van der Waals surface area contributed by atoms with Gasteiger partial charge in [0.25, 0.3) is 0 Å². The van der Waals surface area contributed by atoms with E-state index in [1.54, 1.807) is 0 Å². The van der Waals surface area contributed by atoms with Crippen LogP contribution in [0.2, 0.25) is 0 Å². The summed E-state index contributed by atoms with van der Waals surface area (Å²) in [6.07, 6.45) is 7.08. The molecule has 180 valence electrons. The first kappa shape index (κ1) is 24.0. The summed E-state index contributed by atoms with van der Waals surface area (Å²) in [5, 5.41) is 11.6. The summed E-state index contributed by atoms with van der Waals surface area (Å²) >= 11 is 0. The van der Waals surface area contributed by atoms with Crippen LogP contribution in [0.25, 0.3) is 0 Å². The largest absolute Gasteiger partial charge is 0.379 e. The lowest BCUT2D eigenvalue weighted by atomic mass is 9.76. The van der Waals surface area contributed by atoms with Crippen molar-refractivity contribution in [3.05, 3.63) is 46.5 Å². The van der Waals surface area contributed by atoms with Crippen molar-refractivity contribution in [3.63, 3.8) is 0 Å². The molecule has 0 fully saturated rings. The summed E-state index contributed by atoms with van der Waals surface area (Å²) in [5.74, 6) is 1.22. The van der Waals surface area contributed by atoms with Gasteiger partial charge in [0.2, 0.25) is 0 Å².